The van der Waals surface area contributed by atoms with Crippen molar-refractivity contribution in [1.29, 1.82) is 0 Å². The average Bonchev–Trinajstić information content (AvgIpc) is 2.60. The molecule has 0 aliphatic carbocycles. The van der Waals surface area contributed by atoms with E-state index in [9.17, 15) is 9.59 Å². The van der Waals surface area contributed by atoms with Gasteiger partial charge < -0.3 is 9.47 Å². The standard InChI is InChI=1S/C20H22O4/c1-4-14(2)13-23-19(21)16-9-11-18(12-10-16)24-20(22)17-7-5-15(3)6-8-17/h5-12,14H,4,13H2,1-3H3. The number of hydrogen-bond donors (Lipinski definition) is 0. The Morgan fingerprint density at radius 1 is 0.917 bits per heavy atom. The molecule has 0 aliphatic heterocycles. The maximum absolute atomic E-state index is 12.0. The maximum Gasteiger partial charge on any atom is 0.343 e. The smallest absolute Gasteiger partial charge is 0.343 e. The largest absolute Gasteiger partial charge is 0.462 e. The van der Waals surface area contributed by atoms with E-state index in [1.54, 1.807) is 36.4 Å². The highest BCUT2D eigenvalue weighted by molar-refractivity contribution is 5.92. The fourth-order valence-corrected chi connectivity index (χ4v) is 1.93. The first kappa shape index (κ1) is 17.7. The van der Waals surface area contributed by atoms with Crippen molar-refractivity contribution in [2.45, 2.75) is 27.2 Å². The Hall–Kier alpha value is -2.62. The SMILES string of the molecule is CCC(C)COC(=O)c1ccc(OC(=O)c2ccc(C)cc2)cc1. The topological polar surface area (TPSA) is 52.6 Å². The van der Waals surface area contributed by atoms with Gasteiger partial charge in [0.1, 0.15) is 5.75 Å². The van der Waals surface area contributed by atoms with Crippen molar-refractivity contribution in [2.24, 2.45) is 5.92 Å². The molecule has 0 amide bonds. The molecule has 0 bridgehead atoms. The van der Waals surface area contributed by atoms with E-state index < -0.39 is 5.97 Å². The third-order valence-electron chi connectivity index (χ3n) is 3.78. The molecule has 0 saturated heterocycles. The van der Waals surface area contributed by atoms with Crippen molar-refractivity contribution >= 4 is 11.9 Å². The number of benzene rings is 2. The van der Waals surface area contributed by atoms with E-state index in [4.69, 9.17) is 9.47 Å². The van der Waals surface area contributed by atoms with E-state index in [1.165, 1.54) is 0 Å². The Morgan fingerprint density at radius 2 is 1.46 bits per heavy atom. The lowest BCUT2D eigenvalue weighted by molar-refractivity contribution is 0.0447. The predicted molar refractivity (Wildman–Crippen MR) is 92.3 cm³/mol. The number of aryl methyl sites for hydroxylation is 1. The van der Waals surface area contributed by atoms with Gasteiger partial charge in [-0.25, -0.2) is 9.59 Å². The fraction of sp³-hybridized carbons (Fsp3) is 0.300. The molecule has 0 heterocycles. The van der Waals surface area contributed by atoms with Crippen LogP contribution in [-0.2, 0) is 4.74 Å². The molecule has 0 radical (unpaired) electrons. The molecule has 24 heavy (non-hydrogen) atoms. The second-order valence-corrected chi connectivity index (χ2v) is 5.89. The van der Waals surface area contributed by atoms with Gasteiger partial charge in [0.05, 0.1) is 17.7 Å². The lowest BCUT2D eigenvalue weighted by Crippen LogP contribution is -2.12. The average molecular weight is 326 g/mol. The molecular weight excluding hydrogens is 304 g/mol. The number of rotatable bonds is 6. The lowest BCUT2D eigenvalue weighted by Gasteiger charge is -2.10. The van der Waals surface area contributed by atoms with E-state index in [0.29, 0.717) is 29.4 Å². The van der Waals surface area contributed by atoms with Crippen LogP contribution >= 0.6 is 0 Å². The minimum absolute atomic E-state index is 0.337. The Morgan fingerprint density at radius 3 is 2.04 bits per heavy atom. The molecule has 0 N–H and O–H groups in total. The summed E-state index contributed by atoms with van der Waals surface area (Å²) in [6.45, 7) is 6.43. The van der Waals surface area contributed by atoms with Crippen LogP contribution in [0, 0.1) is 12.8 Å². The van der Waals surface area contributed by atoms with Gasteiger partial charge in [-0.3, -0.25) is 0 Å². The van der Waals surface area contributed by atoms with Gasteiger partial charge in [-0.1, -0.05) is 38.0 Å². The normalized spacial score (nSPS) is 11.6. The van der Waals surface area contributed by atoms with Crippen LogP contribution in [0.4, 0.5) is 0 Å². The summed E-state index contributed by atoms with van der Waals surface area (Å²) in [5.74, 6) is -0.0726. The monoisotopic (exact) mass is 326 g/mol. The zero-order valence-electron chi connectivity index (χ0n) is 14.2. The molecule has 4 nitrogen and oxygen atoms in total. The van der Waals surface area contributed by atoms with Crippen LogP contribution in [0.25, 0.3) is 0 Å². The van der Waals surface area contributed by atoms with Crippen molar-refractivity contribution < 1.29 is 19.1 Å². The number of carbonyl (C=O) groups excluding carboxylic acids is 2. The molecule has 0 saturated carbocycles. The highest BCUT2D eigenvalue weighted by atomic mass is 16.5. The quantitative estimate of drug-likeness (QED) is 0.582. The molecular formula is C20H22O4. The maximum atomic E-state index is 12.0. The second kappa shape index (κ2) is 8.29. The molecule has 0 spiro atoms. The van der Waals surface area contributed by atoms with Gasteiger partial charge in [0.2, 0.25) is 0 Å². The fourth-order valence-electron chi connectivity index (χ4n) is 1.93. The first-order chi connectivity index (χ1) is 11.5. The van der Waals surface area contributed by atoms with Crippen LogP contribution in [-0.4, -0.2) is 18.5 Å². The summed E-state index contributed by atoms with van der Waals surface area (Å²) in [7, 11) is 0. The van der Waals surface area contributed by atoms with Crippen LogP contribution in [0.3, 0.4) is 0 Å². The molecule has 1 unspecified atom stereocenters. The van der Waals surface area contributed by atoms with Crippen molar-refractivity contribution in [3.05, 3.63) is 65.2 Å². The van der Waals surface area contributed by atoms with E-state index >= 15 is 0 Å². The molecule has 2 rings (SSSR count). The third kappa shape index (κ3) is 4.95. The van der Waals surface area contributed by atoms with Crippen LogP contribution in [0.2, 0.25) is 0 Å². The third-order valence-corrected chi connectivity index (χ3v) is 3.78. The van der Waals surface area contributed by atoms with Crippen LogP contribution in [0.5, 0.6) is 5.75 Å². The Kier molecular flexibility index (Phi) is 6.13. The molecule has 0 aromatic heterocycles. The van der Waals surface area contributed by atoms with Crippen LogP contribution in [0.15, 0.2) is 48.5 Å². The highest BCUT2D eigenvalue weighted by Crippen LogP contribution is 2.16. The number of hydrogen-bond acceptors (Lipinski definition) is 4. The van der Waals surface area contributed by atoms with Gasteiger partial charge in [0.15, 0.2) is 0 Å². The van der Waals surface area contributed by atoms with Crippen molar-refractivity contribution in [2.75, 3.05) is 6.61 Å². The summed E-state index contributed by atoms with van der Waals surface area (Å²) >= 11 is 0. The van der Waals surface area contributed by atoms with E-state index in [-0.39, 0.29) is 5.97 Å². The lowest BCUT2D eigenvalue weighted by atomic mass is 10.1. The van der Waals surface area contributed by atoms with E-state index in [2.05, 4.69) is 6.92 Å². The predicted octanol–water partition coefficient (Wildman–Crippen LogP) is 4.42. The minimum Gasteiger partial charge on any atom is -0.462 e. The molecule has 0 fully saturated rings. The van der Waals surface area contributed by atoms with Crippen molar-refractivity contribution in [3.8, 4) is 5.75 Å². The minimum atomic E-state index is -0.429. The summed E-state index contributed by atoms with van der Waals surface area (Å²) in [6.07, 6.45) is 0.960. The molecule has 2 aromatic carbocycles. The molecule has 0 aliphatic rings. The summed E-state index contributed by atoms with van der Waals surface area (Å²) in [4.78, 5) is 24.0. The first-order valence-corrected chi connectivity index (χ1v) is 8.05. The first-order valence-electron chi connectivity index (χ1n) is 8.05. The molecule has 1 atom stereocenters. The Bertz CT molecular complexity index is 687. The van der Waals surface area contributed by atoms with Gasteiger partial charge in [0, 0.05) is 0 Å². The Balaban J connectivity index is 1.95. The zero-order chi connectivity index (χ0) is 17.5. The van der Waals surface area contributed by atoms with Gasteiger partial charge in [0.25, 0.3) is 0 Å². The Labute approximate surface area is 142 Å². The number of carbonyl (C=O) groups is 2. The van der Waals surface area contributed by atoms with E-state index in [0.717, 1.165) is 12.0 Å². The van der Waals surface area contributed by atoms with Gasteiger partial charge in [-0.05, 0) is 49.2 Å². The van der Waals surface area contributed by atoms with Gasteiger partial charge in [-0.2, -0.15) is 0 Å². The summed E-state index contributed by atoms with van der Waals surface area (Å²) in [6, 6.07) is 13.5. The highest BCUT2D eigenvalue weighted by Gasteiger charge is 2.11. The zero-order valence-corrected chi connectivity index (χ0v) is 14.2. The van der Waals surface area contributed by atoms with Crippen molar-refractivity contribution in [3.63, 3.8) is 0 Å². The second-order valence-electron chi connectivity index (χ2n) is 5.89. The number of ether oxygens (including phenoxy) is 2. The molecule has 2 aromatic rings. The molecule has 4 heteroatoms. The van der Waals surface area contributed by atoms with E-state index in [1.807, 2.05) is 26.0 Å². The summed E-state index contributed by atoms with van der Waals surface area (Å²) in [5.41, 5.74) is 2.00. The van der Waals surface area contributed by atoms with Crippen molar-refractivity contribution in [1.82, 2.24) is 0 Å². The van der Waals surface area contributed by atoms with Crippen LogP contribution in [0.1, 0.15) is 46.5 Å². The van der Waals surface area contributed by atoms with Gasteiger partial charge in [-0.15, -0.1) is 0 Å². The molecule has 126 valence electrons. The summed E-state index contributed by atoms with van der Waals surface area (Å²) < 4.78 is 10.5. The number of esters is 2. The van der Waals surface area contributed by atoms with Gasteiger partial charge >= 0.3 is 11.9 Å². The van der Waals surface area contributed by atoms with Crippen LogP contribution < -0.4 is 4.74 Å². The summed E-state index contributed by atoms with van der Waals surface area (Å²) in [5, 5.41) is 0.